The molecule has 1 saturated carbocycles. The second kappa shape index (κ2) is 5.92. The van der Waals surface area contributed by atoms with Crippen LogP contribution in [0.5, 0.6) is 0 Å². The maximum absolute atomic E-state index is 11.9. The van der Waals surface area contributed by atoms with E-state index in [2.05, 4.69) is 11.9 Å². The Morgan fingerprint density at radius 2 is 2.00 bits per heavy atom. The Labute approximate surface area is 122 Å². The first kappa shape index (κ1) is 13.6. The zero-order chi connectivity index (χ0) is 13.2. The van der Waals surface area contributed by atoms with E-state index in [9.17, 15) is 4.79 Å². The lowest BCUT2D eigenvalue weighted by molar-refractivity contribution is 0.675. The summed E-state index contributed by atoms with van der Waals surface area (Å²) in [5, 5.41) is 0.869. The van der Waals surface area contributed by atoms with E-state index in [1.54, 1.807) is 6.07 Å². The van der Waals surface area contributed by atoms with Crippen molar-refractivity contribution in [1.29, 1.82) is 0 Å². The Morgan fingerprint density at radius 1 is 1.26 bits per heavy atom. The number of H-pyrrole nitrogens is 1. The molecule has 3 nitrogen and oxygen atoms in total. The van der Waals surface area contributed by atoms with Gasteiger partial charge in [-0.3, -0.25) is 4.79 Å². The van der Waals surface area contributed by atoms with Crippen LogP contribution in [0.4, 0.5) is 0 Å². The molecule has 3 rings (SSSR count). The smallest absolute Gasteiger partial charge is 0.251 e. The van der Waals surface area contributed by atoms with Crippen LogP contribution in [0.3, 0.4) is 0 Å². The molecule has 2 heterocycles. The minimum Gasteiger partial charge on any atom is -0.310 e. The van der Waals surface area contributed by atoms with Gasteiger partial charge >= 0.3 is 0 Å². The van der Waals surface area contributed by atoms with Crippen molar-refractivity contribution in [3.63, 3.8) is 0 Å². The van der Waals surface area contributed by atoms with E-state index in [1.807, 2.05) is 23.5 Å². The van der Waals surface area contributed by atoms with Gasteiger partial charge in [-0.1, -0.05) is 19.8 Å². The third-order valence-electron chi connectivity index (χ3n) is 4.01. The summed E-state index contributed by atoms with van der Waals surface area (Å²) in [6, 6.07) is 1.71. The average Bonchev–Trinajstić information content (AvgIpc) is 2.92. The summed E-state index contributed by atoms with van der Waals surface area (Å²) in [4.78, 5) is 19.7. The molecule has 1 aliphatic heterocycles. The van der Waals surface area contributed by atoms with E-state index in [0.29, 0.717) is 16.4 Å². The van der Waals surface area contributed by atoms with Crippen molar-refractivity contribution in [2.75, 3.05) is 11.5 Å². The van der Waals surface area contributed by atoms with Crippen LogP contribution in [0.25, 0.3) is 0 Å². The molecular weight excluding hydrogens is 276 g/mol. The Bertz CT molecular complexity index is 496. The summed E-state index contributed by atoms with van der Waals surface area (Å²) in [7, 11) is 0. The highest BCUT2D eigenvalue weighted by Crippen LogP contribution is 2.41. The van der Waals surface area contributed by atoms with E-state index in [0.717, 1.165) is 17.3 Å². The minimum atomic E-state index is 0.0234. The molecule has 104 valence electrons. The number of rotatable bonds is 2. The monoisotopic (exact) mass is 296 g/mol. The maximum Gasteiger partial charge on any atom is 0.251 e. The first-order chi connectivity index (χ1) is 9.24. The third kappa shape index (κ3) is 3.02. The zero-order valence-electron chi connectivity index (χ0n) is 11.2. The molecule has 0 radical (unpaired) electrons. The highest BCUT2D eigenvalue weighted by molar-refractivity contribution is 8.06. The minimum absolute atomic E-state index is 0.0234. The summed E-state index contributed by atoms with van der Waals surface area (Å²) in [5.74, 6) is 3.77. The van der Waals surface area contributed by atoms with Gasteiger partial charge in [-0.05, 0) is 12.8 Å². The van der Waals surface area contributed by atoms with Gasteiger partial charge in [0.15, 0.2) is 0 Å². The van der Waals surface area contributed by atoms with Crippen LogP contribution < -0.4 is 5.56 Å². The molecule has 1 saturated heterocycles. The molecular formula is C14H20N2OS2. The van der Waals surface area contributed by atoms with Gasteiger partial charge in [-0.2, -0.15) is 11.8 Å². The lowest BCUT2D eigenvalue weighted by atomic mass is 10.0. The van der Waals surface area contributed by atoms with Gasteiger partial charge in [-0.15, -0.1) is 11.8 Å². The number of aromatic nitrogens is 2. The Kier molecular flexibility index (Phi) is 4.22. The van der Waals surface area contributed by atoms with Crippen molar-refractivity contribution >= 4 is 23.5 Å². The quantitative estimate of drug-likeness (QED) is 0.909. The predicted molar refractivity (Wildman–Crippen MR) is 83.2 cm³/mol. The van der Waals surface area contributed by atoms with Gasteiger partial charge < -0.3 is 4.98 Å². The molecule has 0 bridgehead atoms. The summed E-state index contributed by atoms with van der Waals surface area (Å²) < 4.78 is 0. The van der Waals surface area contributed by atoms with Gasteiger partial charge in [-0.25, -0.2) is 4.98 Å². The molecule has 2 atom stereocenters. The molecule has 1 aliphatic carbocycles. The lowest BCUT2D eigenvalue weighted by Gasteiger charge is -2.27. The van der Waals surface area contributed by atoms with Crippen molar-refractivity contribution in [3.8, 4) is 0 Å². The molecule has 19 heavy (non-hydrogen) atoms. The molecule has 2 fully saturated rings. The van der Waals surface area contributed by atoms with Gasteiger partial charge in [0.05, 0.1) is 10.9 Å². The van der Waals surface area contributed by atoms with Crippen LogP contribution in [0.2, 0.25) is 0 Å². The number of aromatic amines is 1. The SMILES string of the molecule is CC1SCCSC1c1nc(C2CCCC2)cc(=O)[nH]1. The first-order valence-electron chi connectivity index (χ1n) is 7.08. The van der Waals surface area contributed by atoms with Crippen LogP contribution in [0.1, 0.15) is 55.3 Å². The largest absolute Gasteiger partial charge is 0.310 e. The Balaban J connectivity index is 1.90. The fourth-order valence-corrected chi connectivity index (χ4v) is 5.71. The Morgan fingerprint density at radius 3 is 2.74 bits per heavy atom. The fraction of sp³-hybridized carbons (Fsp3) is 0.714. The number of hydrogen-bond donors (Lipinski definition) is 1. The molecule has 2 unspecified atom stereocenters. The normalized spacial score (nSPS) is 28.7. The lowest BCUT2D eigenvalue weighted by Crippen LogP contribution is -2.22. The fourth-order valence-electron chi connectivity index (χ4n) is 2.99. The summed E-state index contributed by atoms with van der Waals surface area (Å²) >= 11 is 3.91. The van der Waals surface area contributed by atoms with E-state index in [-0.39, 0.29) is 5.56 Å². The second-order valence-corrected chi connectivity index (χ2v) is 8.14. The van der Waals surface area contributed by atoms with Gasteiger partial charge in [0.25, 0.3) is 5.56 Å². The standard InChI is InChI=1S/C14H20N2OS2/c1-9-13(19-7-6-18-9)14-15-11(8-12(17)16-14)10-4-2-3-5-10/h8-10,13H,2-7H2,1H3,(H,15,16,17). The van der Waals surface area contributed by atoms with Crippen molar-refractivity contribution in [2.24, 2.45) is 0 Å². The highest BCUT2D eigenvalue weighted by atomic mass is 32.2. The van der Waals surface area contributed by atoms with Gasteiger partial charge in [0.1, 0.15) is 5.82 Å². The molecule has 0 spiro atoms. The van der Waals surface area contributed by atoms with Crippen molar-refractivity contribution in [3.05, 3.63) is 27.9 Å². The summed E-state index contributed by atoms with van der Waals surface area (Å²) in [6.07, 6.45) is 4.94. The maximum atomic E-state index is 11.9. The van der Waals surface area contributed by atoms with E-state index in [1.165, 1.54) is 31.4 Å². The number of nitrogens with zero attached hydrogens (tertiary/aromatic N) is 1. The van der Waals surface area contributed by atoms with Crippen LogP contribution in [-0.4, -0.2) is 26.7 Å². The average molecular weight is 296 g/mol. The second-order valence-electron chi connectivity index (χ2n) is 5.40. The predicted octanol–water partition coefficient (Wildman–Crippen LogP) is 3.34. The number of hydrogen-bond acceptors (Lipinski definition) is 4. The molecule has 1 aromatic heterocycles. The van der Waals surface area contributed by atoms with Gasteiger partial charge in [0, 0.05) is 28.7 Å². The van der Waals surface area contributed by atoms with E-state index in [4.69, 9.17) is 4.98 Å². The first-order valence-corrected chi connectivity index (χ1v) is 9.18. The van der Waals surface area contributed by atoms with Gasteiger partial charge in [0.2, 0.25) is 0 Å². The molecule has 0 aromatic carbocycles. The van der Waals surface area contributed by atoms with Crippen molar-refractivity contribution in [2.45, 2.75) is 49.0 Å². The molecule has 0 amide bonds. The van der Waals surface area contributed by atoms with Crippen LogP contribution in [0, 0.1) is 0 Å². The third-order valence-corrected chi connectivity index (χ3v) is 7.11. The number of nitrogens with one attached hydrogen (secondary N) is 1. The van der Waals surface area contributed by atoms with Crippen molar-refractivity contribution in [1.82, 2.24) is 9.97 Å². The topological polar surface area (TPSA) is 45.8 Å². The van der Waals surface area contributed by atoms with Crippen LogP contribution in [0.15, 0.2) is 10.9 Å². The molecule has 5 heteroatoms. The van der Waals surface area contributed by atoms with Crippen LogP contribution >= 0.6 is 23.5 Å². The Hall–Kier alpha value is -0.420. The zero-order valence-corrected chi connectivity index (χ0v) is 12.9. The van der Waals surface area contributed by atoms with E-state index >= 15 is 0 Å². The molecule has 1 aromatic rings. The summed E-state index contributed by atoms with van der Waals surface area (Å²) in [5.41, 5.74) is 1.05. The molecule has 2 aliphatic rings. The van der Waals surface area contributed by atoms with Crippen molar-refractivity contribution < 1.29 is 0 Å². The van der Waals surface area contributed by atoms with E-state index < -0.39 is 0 Å². The molecule has 1 N–H and O–H groups in total. The highest BCUT2D eigenvalue weighted by Gasteiger charge is 2.27. The summed E-state index contributed by atoms with van der Waals surface area (Å²) in [6.45, 7) is 2.24. The van der Waals surface area contributed by atoms with Crippen LogP contribution in [-0.2, 0) is 0 Å². The number of thioether (sulfide) groups is 2.